The number of benzene rings is 9. The van der Waals surface area contributed by atoms with E-state index in [0.29, 0.717) is 6.04 Å². The Morgan fingerprint density at radius 3 is 1.02 bits per heavy atom. The van der Waals surface area contributed by atoms with Crippen molar-refractivity contribution < 1.29 is 100 Å². The smallest absolute Gasteiger partial charge is 0.338 e. The summed E-state index contributed by atoms with van der Waals surface area (Å²) >= 11 is 0. The summed E-state index contributed by atoms with van der Waals surface area (Å²) in [5.41, 5.74) is 3.72. The number of ether oxygens (including phenoxy) is 15. The van der Waals surface area contributed by atoms with E-state index in [1.807, 2.05) is 121 Å². The van der Waals surface area contributed by atoms with Crippen LogP contribution in [0.3, 0.4) is 0 Å². The lowest BCUT2D eigenvalue weighted by atomic mass is 9.95. The van der Waals surface area contributed by atoms with Crippen LogP contribution in [0, 0.1) is 0 Å². The number of hydrogen-bond acceptors (Lipinski definition) is 21. The highest BCUT2D eigenvalue weighted by molar-refractivity contribution is 6.76. The molecule has 0 saturated carbocycles. The van der Waals surface area contributed by atoms with Crippen molar-refractivity contribution in [1.29, 1.82) is 0 Å². The molecule has 12 rings (SSSR count). The molecule has 0 unspecified atom stereocenters. The lowest BCUT2D eigenvalue weighted by Gasteiger charge is -2.51. The van der Waals surface area contributed by atoms with Gasteiger partial charge in [-0.3, -0.25) is 0 Å². The van der Waals surface area contributed by atoms with E-state index < -0.39 is 143 Å². The van der Waals surface area contributed by atoms with Crippen molar-refractivity contribution in [2.24, 2.45) is 0 Å². The number of aliphatic hydroxyl groups excluding tert-OH is 1. The second kappa shape index (κ2) is 38.8. The fourth-order valence-corrected chi connectivity index (χ4v) is 13.4. The third kappa shape index (κ3) is 21.5. The van der Waals surface area contributed by atoms with Crippen molar-refractivity contribution in [2.75, 3.05) is 26.4 Å². The Morgan fingerprint density at radius 1 is 0.315 bits per heavy atom. The Bertz CT molecular complexity index is 4230. The van der Waals surface area contributed by atoms with Crippen molar-refractivity contribution in [2.45, 2.75) is 144 Å². The van der Waals surface area contributed by atoms with Gasteiger partial charge in [0.2, 0.25) is 0 Å². The summed E-state index contributed by atoms with van der Waals surface area (Å²) in [5.74, 6) is -4.52. The average molecular weight is 1490 g/mol. The highest BCUT2D eigenvalue weighted by atomic mass is 28.3. The Labute approximate surface area is 628 Å². The molecule has 21 nitrogen and oxygen atoms in total. The van der Waals surface area contributed by atoms with Gasteiger partial charge in [0.15, 0.2) is 43.3 Å². The molecule has 108 heavy (non-hydrogen) atoms. The van der Waals surface area contributed by atoms with Crippen LogP contribution in [0.4, 0.5) is 0 Å². The Balaban J connectivity index is 0.999. The van der Waals surface area contributed by atoms with Crippen LogP contribution in [-0.4, -0.2) is 162 Å². The van der Waals surface area contributed by atoms with E-state index in [4.69, 9.17) is 71.1 Å². The molecule has 0 aromatic heterocycles. The minimum Gasteiger partial charge on any atom is -0.459 e. The van der Waals surface area contributed by atoms with Crippen molar-refractivity contribution in [3.05, 3.63) is 323 Å². The Kier molecular flexibility index (Phi) is 27.9. The van der Waals surface area contributed by atoms with Crippen molar-refractivity contribution >= 4 is 37.9 Å². The number of carbonyl (C=O) groups is 5. The quantitative estimate of drug-likeness (QED) is 0.0228. The summed E-state index contributed by atoms with van der Waals surface area (Å²) in [7, 11) is -1.89. The fourth-order valence-electron chi connectivity index (χ4n) is 12.7. The molecule has 0 spiro atoms. The Hall–Kier alpha value is -9.89. The predicted octanol–water partition coefficient (Wildman–Crippen LogP) is 13.0. The van der Waals surface area contributed by atoms with Crippen LogP contribution >= 0.6 is 0 Å². The van der Waals surface area contributed by atoms with Crippen molar-refractivity contribution in [1.82, 2.24) is 0 Å². The van der Waals surface area contributed by atoms with E-state index in [1.165, 1.54) is 48.5 Å². The molecule has 0 bridgehead atoms. The van der Waals surface area contributed by atoms with Gasteiger partial charge in [-0.05, 0) is 89.0 Å². The van der Waals surface area contributed by atoms with Crippen LogP contribution in [0.1, 0.15) is 74.0 Å². The van der Waals surface area contributed by atoms with E-state index in [1.54, 1.807) is 103 Å². The predicted molar refractivity (Wildman–Crippen MR) is 397 cm³/mol. The molecule has 3 fully saturated rings. The number of carbonyl (C=O) groups excluding carboxylic acids is 5. The lowest BCUT2D eigenvalue weighted by molar-refractivity contribution is -0.382. The molecule has 3 saturated heterocycles. The molecule has 9 aromatic rings. The van der Waals surface area contributed by atoms with Gasteiger partial charge in [-0.15, -0.1) is 0 Å². The van der Waals surface area contributed by atoms with Crippen LogP contribution < -0.4 is 0 Å². The van der Waals surface area contributed by atoms with Crippen LogP contribution in [0.2, 0.25) is 25.7 Å². The van der Waals surface area contributed by atoms with Gasteiger partial charge < -0.3 is 76.2 Å². The third-order valence-corrected chi connectivity index (χ3v) is 20.0. The monoisotopic (exact) mass is 1480 g/mol. The van der Waals surface area contributed by atoms with Gasteiger partial charge in [0, 0.05) is 14.7 Å². The molecule has 1 N–H and O–H groups in total. The summed E-state index contributed by atoms with van der Waals surface area (Å²) < 4.78 is 103. The van der Waals surface area contributed by atoms with Crippen LogP contribution in [0.5, 0.6) is 0 Å². The normalized spacial score (nSPS) is 24.1. The van der Waals surface area contributed by atoms with Crippen LogP contribution in [0.25, 0.3) is 0 Å². The lowest BCUT2D eigenvalue weighted by Crippen LogP contribution is -2.68. The molecule has 562 valence electrons. The second-order valence-electron chi connectivity index (χ2n) is 27.4. The van der Waals surface area contributed by atoms with E-state index in [9.17, 15) is 19.5 Å². The summed E-state index contributed by atoms with van der Waals surface area (Å²) in [6.45, 7) is 5.09. The highest BCUT2D eigenvalue weighted by Gasteiger charge is 2.60. The maximum Gasteiger partial charge on any atom is 0.338 e. The SMILES string of the molecule is C[Si](C)(C)CCO[C@@H]1O[C@H](COC(=O)c2ccccc2)[C@@H](O[C@@H]2O[C@H](CO)[C@H](O[C@H]3O[C@H](COCc4ccccc4)[C@H](OCc4ccccc4)[C@H](OCc4ccccc4)[C@H]3OCc3ccccc3)[C@H](OC(=O)c3ccccc3)[C@H]2OC(=O)c2ccccc2)[C@H](OC(=O)c2ccccc2)[C@H]1OC(=O)c1ccccc1. The highest BCUT2D eigenvalue weighted by Crippen LogP contribution is 2.40. The van der Waals surface area contributed by atoms with Gasteiger partial charge in [0.05, 0.1) is 67.5 Å². The summed E-state index contributed by atoms with van der Waals surface area (Å²) in [6.07, 6.45) is -23.7. The van der Waals surface area contributed by atoms with Gasteiger partial charge in [0.25, 0.3) is 0 Å². The molecule has 3 aliphatic heterocycles. The summed E-state index contributed by atoms with van der Waals surface area (Å²) in [4.78, 5) is 74.4. The molecular weight excluding hydrogens is 1400 g/mol. The first-order valence-corrected chi connectivity index (χ1v) is 39.8. The topological polar surface area (TPSA) is 244 Å². The largest absolute Gasteiger partial charge is 0.459 e. The van der Waals surface area contributed by atoms with E-state index in [-0.39, 0.29) is 67.5 Å². The maximum absolute atomic E-state index is 15.3. The zero-order valence-electron chi connectivity index (χ0n) is 60.1. The molecule has 0 amide bonds. The summed E-state index contributed by atoms with van der Waals surface area (Å²) in [6, 6.07) is 79.0. The van der Waals surface area contributed by atoms with Crippen molar-refractivity contribution in [3.8, 4) is 0 Å². The molecule has 15 atom stereocenters. The molecule has 3 aliphatic rings. The standard InChI is InChI=1S/C86H88O21Si/c1-108(2,3)50-49-94-84-77(104-82(91)65-45-27-11-28-46-65)75(103-81(90)64-43-25-10-26-44-64)72(69(100-84)57-98-79(88)62-39-21-8-22-40-62)107-86-78(105-83(92)66-47-29-12-30-48-66)74(102-80(89)63-41-23-9-24-42-63)71(67(51-87)99-86)106-85-76(97-55-61-37-19-7-20-38-61)73(96-54-60-35-17-6-18-36-60)70(95-53-59-33-15-5-16-34-59)68(101-85)56-93-52-58-31-13-4-14-32-58/h4-48,67-78,84-87H,49-57H2,1-3H3/t67-,68-,69-,70+,71+,72-,73+,74+,75+,76-,77-,78-,84-,85-,86+/m1/s1. The van der Waals surface area contributed by atoms with E-state index >= 15 is 9.59 Å². The first kappa shape index (κ1) is 77.7. The minimum absolute atomic E-state index is 0.0296. The zero-order chi connectivity index (χ0) is 75.0. The fraction of sp³-hybridized carbons (Fsp3) is 0.314. The Morgan fingerprint density at radius 2 is 0.620 bits per heavy atom. The van der Waals surface area contributed by atoms with Crippen LogP contribution in [0.15, 0.2) is 273 Å². The minimum atomic E-state index is -2.04. The van der Waals surface area contributed by atoms with Gasteiger partial charge in [0.1, 0.15) is 55.4 Å². The van der Waals surface area contributed by atoms with E-state index in [2.05, 4.69) is 19.6 Å². The number of esters is 5. The van der Waals surface area contributed by atoms with Gasteiger partial charge >= 0.3 is 29.8 Å². The maximum atomic E-state index is 15.3. The average Bonchev–Trinajstić information content (AvgIpc) is 0.759. The molecule has 22 heteroatoms. The first-order chi connectivity index (χ1) is 52.7. The number of hydrogen-bond donors (Lipinski definition) is 1. The van der Waals surface area contributed by atoms with Crippen molar-refractivity contribution in [3.63, 3.8) is 0 Å². The second-order valence-corrected chi connectivity index (χ2v) is 33.0. The third-order valence-electron chi connectivity index (χ3n) is 18.3. The molecule has 3 heterocycles. The molecular formula is C86H88O21Si. The number of rotatable bonds is 33. The van der Waals surface area contributed by atoms with Gasteiger partial charge in [-0.25, -0.2) is 24.0 Å². The van der Waals surface area contributed by atoms with Gasteiger partial charge in [-0.2, -0.15) is 0 Å². The van der Waals surface area contributed by atoms with E-state index in [0.717, 1.165) is 22.3 Å². The molecule has 9 aromatic carbocycles. The molecule has 0 aliphatic carbocycles. The zero-order valence-corrected chi connectivity index (χ0v) is 61.1. The van der Waals surface area contributed by atoms with Gasteiger partial charge in [-0.1, -0.05) is 232 Å². The molecule has 0 radical (unpaired) electrons. The van der Waals surface area contributed by atoms with Crippen LogP contribution in [-0.2, 0) is 97.5 Å². The first-order valence-electron chi connectivity index (χ1n) is 36.1. The summed E-state index contributed by atoms with van der Waals surface area (Å²) in [5, 5.41) is 12.2. The number of aliphatic hydroxyl groups is 1.